The Morgan fingerprint density at radius 2 is 1.76 bits per heavy atom. The average Bonchev–Trinajstić information content (AvgIpc) is 2.73. The molecule has 2 aromatic carbocycles. The highest BCUT2D eigenvalue weighted by atomic mass is 16.6. The maximum atomic E-state index is 12.4. The molecule has 1 heterocycles. The summed E-state index contributed by atoms with van der Waals surface area (Å²) >= 11 is 0. The molecule has 4 nitrogen and oxygen atoms in total. The molecule has 1 saturated heterocycles. The zero-order valence-electron chi connectivity index (χ0n) is 17.3. The molecule has 0 radical (unpaired) electrons. The Morgan fingerprint density at radius 3 is 2.45 bits per heavy atom. The summed E-state index contributed by atoms with van der Waals surface area (Å²) in [7, 11) is 0. The van der Waals surface area contributed by atoms with Crippen LogP contribution in [0.15, 0.2) is 72.3 Å². The second kappa shape index (κ2) is 8.03. The number of benzene rings is 2. The van der Waals surface area contributed by atoms with Crippen molar-refractivity contribution >= 4 is 11.8 Å². The molecule has 0 unspecified atom stereocenters. The summed E-state index contributed by atoms with van der Waals surface area (Å²) in [5.74, 6) is 0.893. The van der Waals surface area contributed by atoms with Crippen molar-refractivity contribution in [2.45, 2.75) is 26.9 Å². The minimum atomic E-state index is -0.419. The molecule has 1 fully saturated rings. The number of fused-ring (bicyclic) bond motifs is 2. The van der Waals surface area contributed by atoms with Gasteiger partial charge in [0, 0.05) is 17.0 Å². The van der Waals surface area contributed by atoms with Crippen LogP contribution in [0.25, 0.3) is 0 Å². The first-order valence-corrected chi connectivity index (χ1v) is 10.3. The van der Waals surface area contributed by atoms with Crippen LogP contribution in [0.1, 0.15) is 32.4 Å². The SMILES string of the molecule is CC1=C[C@@H](C)[C@@]2(COC(=O)Nc3ccccc3)CO[C@@H](c3ccccc3)[C@@H]1[C@@H]2C. The summed E-state index contributed by atoms with van der Waals surface area (Å²) in [6, 6.07) is 19.8. The van der Waals surface area contributed by atoms with Crippen LogP contribution in [0.5, 0.6) is 0 Å². The van der Waals surface area contributed by atoms with Gasteiger partial charge in [0.1, 0.15) is 6.61 Å². The van der Waals surface area contributed by atoms with Gasteiger partial charge in [0.05, 0.1) is 12.7 Å². The molecule has 1 aliphatic carbocycles. The molecule has 4 rings (SSSR count). The van der Waals surface area contributed by atoms with E-state index < -0.39 is 6.09 Å². The van der Waals surface area contributed by atoms with Gasteiger partial charge in [-0.3, -0.25) is 5.32 Å². The van der Waals surface area contributed by atoms with Crippen molar-refractivity contribution in [1.82, 2.24) is 0 Å². The molecule has 5 atom stereocenters. The summed E-state index contributed by atoms with van der Waals surface area (Å²) in [5.41, 5.74) is 3.09. The molecule has 1 aliphatic heterocycles. The molecule has 29 heavy (non-hydrogen) atoms. The van der Waals surface area contributed by atoms with E-state index in [0.29, 0.717) is 19.1 Å². The molecule has 0 aromatic heterocycles. The summed E-state index contributed by atoms with van der Waals surface area (Å²) in [6.07, 6.45) is 1.97. The largest absolute Gasteiger partial charge is 0.449 e. The molecular formula is C25H29NO3. The Balaban J connectivity index is 1.52. The number of hydrogen-bond acceptors (Lipinski definition) is 3. The highest BCUT2D eigenvalue weighted by Crippen LogP contribution is 2.56. The number of amides is 1. The lowest BCUT2D eigenvalue weighted by atomic mass is 9.56. The lowest BCUT2D eigenvalue weighted by molar-refractivity contribution is -0.165. The van der Waals surface area contributed by atoms with Crippen molar-refractivity contribution in [2.75, 3.05) is 18.5 Å². The maximum absolute atomic E-state index is 12.4. The van der Waals surface area contributed by atoms with Crippen LogP contribution in [-0.4, -0.2) is 19.3 Å². The fourth-order valence-corrected chi connectivity index (χ4v) is 5.08. The smallest absolute Gasteiger partial charge is 0.411 e. The van der Waals surface area contributed by atoms with E-state index in [-0.39, 0.29) is 23.4 Å². The van der Waals surface area contributed by atoms with Gasteiger partial charge in [0.25, 0.3) is 0 Å². The first-order valence-electron chi connectivity index (χ1n) is 10.3. The van der Waals surface area contributed by atoms with E-state index in [4.69, 9.17) is 9.47 Å². The summed E-state index contributed by atoms with van der Waals surface area (Å²) < 4.78 is 12.2. The first-order chi connectivity index (χ1) is 14.0. The normalized spacial score (nSPS) is 30.9. The van der Waals surface area contributed by atoms with E-state index in [1.54, 1.807) is 0 Å². The van der Waals surface area contributed by atoms with E-state index in [0.717, 1.165) is 5.69 Å². The number of ether oxygens (including phenoxy) is 2. The first kappa shape index (κ1) is 19.7. The summed E-state index contributed by atoms with van der Waals surface area (Å²) in [5, 5.41) is 2.81. The predicted octanol–water partition coefficient (Wildman–Crippen LogP) is 5.84. The Bertz CT molecular complexity index is 879. The number of hydrogen-bond donors (Lipinski definition) is 1. The van der Waals surface area contributed by atoms with Gasteiger partial charge in [-0.1, -0.05) is 74.0 Å². The number of carbonyl (C=O) groups is 1. The molecule has 4 heteroatoms. The van der Waals surface area contributed by atoms with E-state index in [2.05, 4.69) is 56.4 Å². The fourth-order valence-electron chi connectivity index (χ4n) is 5.08. The monoisotopic (exact) mass is 391 g/mol. The Hall–Kier alpha value is -2.59. The van der Waals surface area contributed by atoms with Crippen LogP contribution < -0.4 is 5.32 Å². The quantitative estimate of drug-likeness (QED) is 0.666. The molecular weight excluding hydrogens is 362 g/mol. The summed E-state index contributed by atoms with van der Waals surface area (Å²) in [6.45, 7) is 7.62. The molecule has 0 spiro atoms. The standard InChI is InChI=1S/C25H29NO3/c1-17-14-18(2)25(16-29-24(27)26-21-12-8-5-9-13-21)15-28-23(22(17)19(25)3)20-10-6-4-7-11-20/h4-14,18-19,22-23H,15-16H2,1-3H3,(H,26,27)/t18-,19+,22+,23+,25+/m1/s1. The number of carbonyl (C=O) groups excluding carboxylic acids is 1. The van der Waals surface area contributed by atoms with Gasteiger partial charge in [-0.05, 0) is 36.5 Å². The Morgan fingerprint density at radius 1 is 1.10 bits per heavy atom. The third-order valence-electron chi connectivity index (χ3n) is 6.87. The van der Waals surface area contributed by atoms with Gasteiger partial charge in [-0.15, -0.1) is 0 Å². The van der Waals surface area contributed by atoms with Crippen molar-refractivity contribution in [2.24, 2.45) is 23.2 Å². The summed E-state index contributed by atoms with van der Waals surface area (Å²) in [4.78, 5) is 12.4. The van der Waals surface area contributed by atoms with E-state index in [1.807, 2.05) is 36.4 Å². The van der Waals surface area contributed by atoms with Gasteiger partial charge in [0.15, 0.2) is 0 Å². The van der Waals surface area contributed by atoms with Crippen LogP contribution in [0.3, 0.4) is 0 Å². The number of allylic oxidation sites excluding steroid dienone is 1. The zero-order valence-corrected chi connectivity index (χ0v) is 17.3. The van der Waals surface area contributed by atoms with Crippen molar-refractivity contribution in [3.05, 3.63) is 77.9 Å². The van der Waals surface area contributed by atoms with Crippen molar-refractivity contribution < 1.29 is 14.3 Å². The lowest BCUT2D eigenvalue weighted by Crippen LogP contribution is -2.54. The highest BCUT2D eigenvalue weighted by Gasteiger charge is 2.54. The fraction of sp³-hybridized carbons (Fsp3) is 0.400. The van der Waals surface area contributed by atoms with Gasteiger partial charge >= 0.3 is 6.09 Å². The lowest BCUT2D eigenvalue weighted by Gasteiger charge is -2.55. The van der Waals surface area contributed by atoms with Gasteiger partial charge in [0.2, 0.25) is 0 Å². The number of nitrogens with one attached hydrogen (secondary N) is 1. The van der Waals surface area contributed by atoms with Crippen molar-refractivity contribution in [3.8, 4) is 0 Å². The Labute approximate surface area is 172 Å². The molecule has 0 saturated carbocycles. The molecule has 2 aromatic rings. The van der Waals surface area contributed by atoms with E-state index >= 15 is 0 Å². The van der Waals surface area contributed by atoms with Crippen molar-refractivity contribution in [1.29, 1.82) is 0 Å². The van der Waals surface area contributed by atoms with Crippen LogP contribution in [0.4, 0.5) is 10.5 Å². The number of rotatable bonds is 4. The maximum Gasteiger partial charge on any atom is 0.411 e. The van der Waals surface area contributed by atoms with Gasteiger partial charge < -0.3 is 9.47 Å². The second-order valence-corrected chi connectivity index (χ2v) is 8.46. The number of anilines is 1. The molecule has 1 amide bonds. The minimum absolute atomic E-state index is 0.0428. The molecule has 1 N–H and O–H groups in total. The molecule has 152 valence electrons. The molecule has 2 bridgehead atoms. The van der Waals surface area contributed by atoms with Crippen LogP contribution >= 0.6 is 0 Å². The van der Waals surface area contributed by atoms with Crippen LogP contribution in [0.2, 0.25) is 0 Å². The van der Waals surface area contributed by atoms with Crippen molar-refractivity contribution in [3.63, 3.8) is 0 Å². The average molecular weight is 392 g/mol. The predicted molar refractivity (Wildman–Crippen MR) is 115 cm³/mol. The minimum Gasteiger partial charge on any atom is -0.449 e. The van der Waals surface area contributed by atoms with E-state index in [1.165, 1.54) is 11.1 Å². The Kier molecular flexibility index (Phi) is 5.46. The van der Waals surface area contributed by atoms with Gasteiger partial charge in [-0.25, -0.2) is 4.79 Å². The third kappa shape index (κ3) is 3.69. The van der Waals surface area contributed by atoms with E-state index in [9.17, 15) is 4.79 Å². The van der Waals surface area contributed by atoms with Gasteiger partial charge in [-0.2, -0.15) is 0 Å². The topological polar surface area (TPSA) is 47.6 Å². The zero-order chi connectivity index (χ0) is 20.4. The second-order valence-electron chi connectivity index (χ2n) is 8.46. The van der Waals surface area contributed by atoms with Crippen LogP contribution in [-0.2, 0) is 9.47 Å². The molecule has 2 aliphatic rings. The third-order valence-corrected chi connectivity index (χ3v) is 6.87. The van der Waals surface area contributed by atoms with Crippen LogP contribution in [0, 0.1) is 23.2 Å². The number of para-hydroxylation sites is 1. The highest BCUT2D eigenvalue weighted by molar-refractivity contribution is 5.84.